The van der Waals surface area contributed by atoms with E-state index in [1.807, 2.05) is 0 Å². The number of carbonyl (C=O) groups excluding carboxylic acids is 4. The molecule has 4 heterocycles. The van der Waals surface area contributed by atoms with Gasteiger partial charge >= 0.3 is 19.8 Å². The lowest BCUT2D eigenvalue weighted by atomic mass is 9.95. The van der Waals surface area contributed by atoms with Crippen LogP contribution in [0.15, 0.2) is 0 Å². The standard InChI is InChI=1S/C34H58N3O26P/c1-11(42)36-19-27(54-13(3)44)21(46)15(7-38)56-31(19)61-30-23(48)17(9-40)58-34(25(30)50)63-64(51,52)62-26-18(10-41)59-32(20(37-12(2)43)28(26)55-14(4)45)60-29-22(47)16(8-39)57-33(24(29)49)53-6-5-35/h15-34,38-41,46-50H,5-10,35H2,1-4H3,(H,36,42)(H,37,43)(H,51,52)/t15-,16-,17-,18-,19-,20-,21-,22+,23+,24-,25-,26-,27-,28-,29+,30+,31+,32+,33+,34-/m1/s1. The number of nitrogens with two attached hydrogens (primary N) is 1. The molecule has 4 aliphatic rings. The van der Waals surface area contributed by atoms with Gasteiger partial charge in [-0.15, -0.1) is 0 Å². The van der Waals surface area contributed by atoms with Crippen molar-refractivity contribution in [2.75, 3.05) is 39.6 Å². The van der Waals surface area contributed by atoms with Crippen LogP contribution < -0.4 is 16.4 Å². The van der Waals surface area contributed by atoms with Gasteiger partial charge in [-0.1, -0.05) is 0 Å². The van der Waals surface area contributed by atoms with Crippen molar-refractivity contribution in [3.05, 3.63) is 0 Å². The highest BCUT2D eigenvalue weighted by molar-refractivity contribution is 7.47. The van der Waals surface area contributed by atoms with Crippen LogP contribution in [0.5, 0.6) is 0 Å². The number of phosphoric acid groups is 1. The molecule has 0 spiro atoms. The van der Waals surface area contributed by atoms with Crippen molar-refractivity contribution < 1.29 is 126 Å². The Bertz CT molecular complexity index is 1600. The third-order valence-corrected chi connectivity index (χ3v) is 11.1. The van der Waals surface area contributed by atoms with Gasteiger partial charge in [0, 0.05) is 34.2 Å². The summed E-state index contributed by atoms with van der Waals surface area (Å²) in [6.45, 7) is -0.180. The lowest BCUT2D eigenvalue weighted by Gasteiger charge is -2.49. The quantitative estimate of drug-likeness (QED) is 0.0422. The van der Waals surface area contributed by atoms with E-state index in [9.17, 15) is 74.6 Å². The Morgan fingerprint density at radius 1 is 0.547 bits per heavy atom. The van der Waals surface area contributed by atoms with Crippen molar-refractivity contribution in [3.63, 3.8) is 0 Å². The summed E-state index contributed by atoms with van der Waals surface area (Å²) in [6.07, 6.45) is -33.6. The van der Waals surface area contributed by atoms with E-state index in [0.717, 1.165) is 27.7 Å². The van der Waals surface area contributed by atoms with Crippen LogP contribution in [0, 0.1) is 0 Å². The van der Waals surface area contributed by atoms with Crippen LogP contribution in [0.25, 0.3) is 0 Å². The average molecular weight is 956 g/mol. The number of amides is 2. The maximum absolute atomic E-state index is 13.9. The van der Waals surface area contributed by atoms with E-state index in [1.165, 1.54) is 0 Å². The SMILES string of the molecule is CC(=O)N[C@H]1[C@H](O[C@H]2[C@@H](O)[C@@H](CO)O[C@H](OCCN)[C@@H]2O)O[C@H](CO)[C@@H](OP(=O)(O)O[C@H]2O[C@H](CO)[C@H](O)[C@H](O[C@@H]3O[C@H](CO)[C@@H](O)[C@H](OC(C)=O)[C@H]3NC(C)=O)[C@H]2O)[C@@H]1OC(C)=O. The first-order valence-electron chi connectivity index (χ1n) is 19.8. The smallest absolute Gasteiger partial charge is 0.457 e. The second kappa shape index (κ2) is 23.9. The predicted molar refractivity (Wildman–Crippen MR) is 200 cm³/mol. The van der Waals surface area contributed by atoms with Gasteiger partial charge in [0.25, 0.3) is 0 Å². The van der Waals surface area contributed by atoms with E-state index >= 15 is 0 Å². The first kappa shape index (κ1) is 53.9. The molecule has 0 aromatic heterocycles. The summed E-state index contributed by atoms with van der Waals surface area (Å²) < 4.78 is 74.2. The van der Waals surface area contributed by atoms with E-state index in [1.54, 1.807) is 0 Å². The van der Waals surface area contributed by atoms with Crippen LogP contribution in [-0.4, -0.2) is 237 Å². The number of hydrogen-bond acceptors (Lipinski definition) is 26. The number of ether oxygens (including phenoxy) is 9. The van der Waals surface area contributed by atoms with Crippen LogP contribution in [0.2, 0.25) is 0 Å². The molecule has 29 nitrogen and oxygen atoms in total. The molecule has 4 rings (SSSR count). The molecule has 370 valence electrons. The van der Waals surface area contributed by atoms with Crippen LogP contribution in [-0.2, 0) is 75.4 Å². The van der Waals surface area contributed by atoms with Crippen molar-refractivity contribution in [2.45, 2.75) is 150 Å². The summed E-state index contributed by atoms with van der Waals surface area (Å²) in [7, 11) is -5.77. The largest absolute Gasteiger partial charge is 0.475 e. The molecule has 21 atom stereocenters. The van der Waals surface area contributed by atoms with Crippen LogP contribution in [0.4, 0.5) is 0 Å². The fourth-order valence-corrected chi connectivity index (χ4v) is 8.42. The van der Waals surface area contributed by atoms with Gasteiger partial charge < -0.3 is 110 Å². The molecular formula is C34H58N3O26P. The van der Waals surface area contributed by atoms with Gasteiger partial charge in [0.15, 0.2) is 37.4 Å². The predicted octanol–water partition coefficient (Wildman–Crippen LogP) is -8.22. The maximum Gasteiger partial charge on any atom is 0.475 e. The van der Waals surface area contributed by atoms with E-state index in [-0.39, 0.29) is 13.2 Å². The number of nitrogens with one attached hydrogen (secondary N) is 2. The van der Waals surface area contributed by atoms with Gasteiger partial charge in [-0.05, 0) is 0 Å². The monoisotopic (exact) mass is 955 g/mol. The van der Waals surface area contributed by atoms with Gasteiger partial charge in [0.2, 0.25) is 11.8 Å². The highest BCUT2D eigenvalue weighted by Gasteiger charge is 2.57. The lowest BCUT2D eigenvalue weighted by molar-refractivity contribution is -0.348. The van der Waals surface area contributed by atoms with Crippen molar-refractivity contribution in [3.8, 4) is 0 Å². The van der Waals surface area contributed by atoms with Gasteiger partial charge in [0.1, 0.15) is 85.3 Å². The molecule has 0 radical (unpaired) electrons. The van der Waals surface area contributed by atoms with Crippen molar-refractivity contribution in [1.29, 1.82) is 0 Å². The molecule has 4 saturated heterocycles. The zero-order chi connectivity index (χ0) is 47.8. The topological polar surface area (TPSA) is 439 Å². The number of aliphatic hydroxyl groups is 9. The van der Waals surface area contributed by atoms with Crippen LogP contribution >= 0.6 is 7.82 Å². The molecule has 0 aromatic carbocycles. The summed E-state index contributed by atoms with van der Waals surface area (Å²) in [6, 6.07) is -3.36. The first-order chi connectivity index (χ1) is 30.1. The Morgan fingerprint density at radius 3 is 1.38 bits per heavy atom. The fraction of sp³-hybridized carbons (Fsp3) is 0.882. The second-order valence-electron chi connectivity index (χ2n) is 15.0. The third-order valence-electron chi connectivity index (χ3n) is 10.1. The zero-order valence-electron chi connectivity index (χ0n) is 34.8. The van der Waals surface area contributed by atoms with E-state index in [0.29, 0.717) is 0 Å². The van der Waals surface area contributed by atoms with E-state index < -0.39 is 181 Å². The number of rotatable bonds is 19. The minimum atomic E-state index is -5.77. The minimum absolute atomic E-state index is 0.0280. The molecule has 0 aliphatic carbocycles. The number of esters is 2. The zero-order valence-corrected chi connectivity index (χ0v) is 35.7. The van der Waals surface area contributed by atoms with Gasteiger partial charge in [-0.2, -0.15) is 0 Å². The van der Waals surface area contributed by atoms with Crippen LogP contribution in [0.1, 0.15) is 27.7 Å². The molecular weight excluding hydrogens is 897 g/mol. The van der Waals surface area contributed by atoms with E-state index in [2.05, 4.69) is 10.6 Å². The molecule has 0 saturated carbocycles. The minimum Gasteiger partial charge on any atom is -0.457 e. The van der Waals surface area contributed by atoms with E-state index in [4.69, 9.17) is 57.4 Å². The number of aliphatic hydroxyl groups excluding tert-OH is 9. The molecule has 14 N–H and O–H groups in total. The first-order valence-corrected chi connectivity index (χ1v) is 21.3. The Labute approximate surface area is 364 Å². The summed E-state index contributed by atoms with van der Waals surface area (Å²) in [5.41, 5.74) is 5.48. The Hall–Kier alpha value is -2.69. The van der Waals surface area contributed by atoms with Crippen molar-refractivity contribution in [1.82, 2.24) is 10.6 Å². The van der Waals surface area contributed by atoms with Gasteiger partial charge in [0.05, 0.1) is 33.0 Å². The molecule has 0 bridgehead atoms. The molecule has 4 aliphatic heterocycles. The third kappa shape index (κ3) is 13.3. The summed E-state index contributed by atoms with van der Waals surface area (Å²) in [5, 5.41) is 100. The van der Waals surface area contributed by atoms with Crippen molar-refractivity contribution in [2.24, 2.45) is 5.73 Å². The molecule has 4 fully saturated rings. The van der Waals surface area contributed by atoms with Gasteiger partial charge in [-0.25, -0.2) is 4.57 Å². The number of hydrogen-bond donors (Lipinski definition) is 13. The molecule has 2 amide bonds. The normalized spacial score (nSPS) is 41.3. The number of carbonyl (C=O) groups is 4. The molecule has 0 aromatic rings. The van der Waals surface area contributed by atoms with Gasteiger partial charge in [-0.3, -0.25) is 28.2 Å². The Balaban J connectivity index is 1.63. The second-order valence-corrected chi connectivity index (χ2v) is 16.3. The number of phosphoric ester groups is 1. The summed E-state index contributed by atoms with van der Waals surface area (Å²) in [5.74, 6) is -3.67. The highest BCUT2D eigenvalue weighted by Crippen LogP contribution is 2.50. The van der Waals surface area contributed by atoms with Crippen LogP contribution in [0.3, 0.4) is 0 Å². The Morgan fingerprint density at radius 2 is 0.938 bits per heavy atom. The van der Waals surface area contributed by atoms with Crippen molar-refractivity contribution >= 4 is 31.6 Å². The fourth-order valence-electron chi connectivity index (χ4n) is 7.37. The highest BCUT2D eigenvalue weighted by atomic mass is 31.2. The lowest BCUT2D eigenvalue weighted by Crippen LogP contribution is -2.69. The molecule has 30 heteroatoms. The Kier molecular flexibility index (Phi) is 20.1. The summed E-state index contributed by atoms with van der Waals surface area (Å²) >= 11 is 0. The molecule has 1 unspecified atom stereocenters. The molecule has 64 heavy (non-hydrogen) atoms. The summed E-state index contributed by atoms with van der Waals surface area (Å²) in [4.78, 5) is 60.3. The average Bonchev–Trinajstić information content (AvgIpc) is 3.21. The maximum atomic E-state index is 13.9.